The molecule has 12 nitrogen and oxygen atoms in total. The van der Waals surface area contributed by atoms with Crippen molar-refractivity contribution >= 4 is 26.9 Å². The number of hydrogen-bond donors (Lipinski definition) is 1. The zero-order chi connectivity index (χ0) is 25.2. The molecule has 1 saturated heterocycles. The molecule has 1 unspecified atom stereocenters. The van der Waals surface area contributed by atoms with Gasteiger partial charge in [0, 0.05) is 32.4 Å². The number of nitrogens with two attached hydrogens (primary N) is 1. The summed E-state index contributed by atoms with van der Waals surface area (Å²) in [6.45, 7) is 3.07. The van der Waals surface area contributed by atoms with E-state index in [1.54, 1.807) is 23.6 Å². The first-order valence-electron chi connectivity index (χ1n) is 11.1. The highest BCUT2D eigenvalue weighted by molar-refractivity contribution is 7.90. The first-order valence-corrected chi connectivity index (χ1v) is 12.9. The molecule has 13 heteroatoms. The van der Waals surface area contributed by atoms with Crippen molar-refractivity contribution in [2.24, 2.45) is 12.8 Å². The van der Waals surface area contributed by atoms with Gasteiger partial charge in [-0.05, 0) is 31.9 Å². The van der Waals surface area contributed by atoms with Crippen molar-refractivity contribution in [2.45, 2.75) is 38.2 Å². The van der Waals surface area contributed by atoms with E-state index in [2.05, 4.69) is 21.8 Å². The van der Waals surface area contributed by atoms with Crippen LogP contribution in [0.1, 0.15) is 19.8 Å². The van der Waals surface area contributed by atoms with Gasteiger partial charge in [-0.2, -0.15) is 4.98 Å². The van der Waals surface area contributed by atoms with E-state index >= 15 is 0 Å². The Hall–Kier alpha value is -3.63. The van der Waals surface area contributed by atoms with Crippen LogP contribution < -0.4 is 26.6 Å². The Morgan fingerprint density at radius 1 is 1.29 bits per heavy atom. The van der Waals surface area contributed by atoms with Gasteiger partial charge in [0.15, 0.2) is 17.1 Å². The maximum Gasteiger partial charge on any atom is 0.333 e. The maximum atomic E-state index is 13.5. The van der Waals surface area contributed by atoms with E-state index in [4.69, 9.17) is 10.5 Å². The van der Waals surface area contributed by atoms with Gasteiger partial charge in [0.25, 0.3) is 5.56 Å². The van der Waals surface area contributed by atoms with Crippen LogP contribution in [0.15, 0.2) is 34.1 Å². The second kappa shape index (κ2) is 9.93. The van der Waals surface area contributed by atoms with E-state index in [9.17, 15) is 18.0 Å². The van der Waals surface area contributed by atoms with Gasteiger partial charge in [0.1, 0.15) is 11.6 Å². The van der Waals surface area contributed by atoms with Crippen molar-refractivity contribution in [1.29, 1.82) is 0 Å². The van der Waals surface area contributed by atoms with E-state index in [0.717, 1.165) is 12.8 Å². The Labute approximate surface area is 201 Å². The molecule has 0 radical (unpaired) electrons. The Kier molecular flexibility index (Phi) is 6.95. The zero-order valence-electron chi connectivity index (χ0n) is 19.5. The van der Waals surface area contributed by atoms with E-state index in [1.807, 2.05) is 4.90 Å². The Morgan fingerprint density at radius 2 is 2.09 bits per heavy atom. The number of ether oxygens (including phenoxy) is 1. The second-order valence-electron chi connectivity index (χ2n) is 8.34. The molecule has 1 aliphatic heterocycles. The van der Waals surface area contributed by atoms with Crippen LogP contribution in [-0.4, -0.2) is 57.2 Å². The van der Waals surface area contributed by atoms with E-state index in [1.165, 1.54) is 24.0 Å². The Morgan fingerprint density at radius 3 is 2.77 bits per heavy atom. The monoisotopic (exact) mass is 501 g/mol. The van der Waals surface area contributed by atoms with Crippen molar-refractivity contribution in [3.05, 3.63) is 45.4 Å². The first-order chi connectivity index (χ1) is 16.7. The lowest BCUT2D eigenvalue weighted by Crippen LogP contribution is -2.44. The average Bonchev–Trinajstić information content (AvgIpc) is 3.23. The Balaban J connectivity index is 1.78. The standard InChI is InChI=1S/C22H27N7O5S/c1-3-4-11-28-18-19(25-21(28)27-10-6-7-16(23)13-27)26(2)22(31)29(20(18)30)14-35(32,33)15-34-17-8-5-9-24-12-17/h5,8-9,12,16H,6-7,10-11,13-15,23H2,1-2H3. The van der Waals surface area contributed by atoms with Crippen molar-refractivity contribution in [3.63, 3.8) is 0 Å². The molecule has 0 aliphatic carbocycles. The lowest BCUT2D eigenvalue weighted by Gasteiger charge is -2.31. The minimum Gasteiger partial charge on any atom is -0.476 e. The summed E-state index contributed by atoms with van der Waals surface area (Å²) in [6, 6.07) is 3.12. The molecule has 1 aliphatic rings. The van der Waals surface area contributed by atoms with E-state index in [-0.39, 0.29) is 29.5 Å². The molecule has 1 atom stereocenters. The number of imidazole rings is 1. The number of fused-ring (bicyclic) bond motifs is 1. The number of nitrogens with zero attached hydrogens (tertiary/aromatic N) is 6. The van der Waals surface area contributed by atoms with Gasteiger partial charge in [-0.15, -0.1) is 5.92 Å². The van der Waals surface area contributed by atoms with Crippen LogP contribution in [0.3, 0.4) is 0 Å². The van der Waals surface area contributed by atoms with Crippen molar-refractivity contribution < 1.29 is 13.2 Å². The Bertz CT molecular complexity index is 1510. The van der Waals surface area contributed by atoms with E-state index in [0.29, 0.717) is 23.6 Å². The van der Waals surface area contributed by atoms with Crippen molar-refractivity contribution in [3.8, 4) is 17.6 Å². The SMILES string of the molecule is CC#CCn1c(N2CCCC(N)C2)nc2c1c(=O)n(CS(=O)(=O)COc1cccnc1)c(=O)n2C. The van der Waals surface area contributed by atoms with Crippen molar-refractivity contribution in [1.82, 2.24) is 23.7 Å². The second-order valence-corrected chi connectivity index (χ2v) is 10.3. The predicted octanol–water partition coefficient (Wildman–Crippen LogP) is -0.349. The fourth-order valence-electron chi connectivity index (χ4n) is 4.04. The highest BCUT2D eigenvalue weighted by atomic mass is 32.2. The summed E-state index contributed by atoms with van der Waals surface area (Å²) < 4.78 is 34.3. The fraction of sp³-hybridized carbons (Fsp3) is 0.455. The number of hydrogen-bond acceptors (Lipinski definition) is 9. The number of aromatic nitrogens is 5. The third-order valence-electron chi connectivity index (χ3n) is 5.73. The smallest absolute Gasteiger partial charge is 0.333 e. The third-order valence-corrected chi connectivity index (χ3v) is 6.86. The summed E-state index contributed by atoms with van der Waals surface area (Å²) in [7, 11) is -2.55. The summed E-state index contributed by atoms with van der Waals surface area (Å²) in [5.74, 6) is 4.91. The number of rotatable bonds is 7. The van der Waals surface area contributed by atoms with Crippen LogP contribution in [0.5, 0.6) is 5.75 Å². The maximum absolute atomic E-state index is 13.5. The van der Waals surface area contributed by atoms with Crippen LogP contribution in [0.2, 0.25) is 0 Å². The zero-order valence-corrected chi connectivity index (χ0v) is 20.4. The van der Waals surface area contributed by atoms with Crippen LogP contribution in [0.4, 0.5) is 5.95 Å². The number of pyridine rings is 1. The molecule has 35 heavy (non-hydrogen) atoms. The molecule has 3 aromatic heterocycles. The number of piperidine rings is 1. The van der Waals surface area contributed by atoms with Crippen LogP contribution >= 0.6 is 0 Å². The average molecular weight is 502 g/mol. The first kappa shape index (κ1) is 24.5. The number of aryl methyl sites for hydroxylation is 1. The number of sulfone groups is 1. The highest BCUT2D eigenvalue weighted by Gasteiger charge is 2.27. The minimum atomic E-state index is -4.00. The van der Waals surface area contributed by atoms with Gasteiger partial charge in [-0.25, -0.2) is 17.8 Å². The highest BCUT2D eigenvalue weighted by Crippen LogP contribution is 2.22. The molecule has 0 spiro atoms. The van der Waals surface area contributed by atoms with E-state index < -0.39 is 32.9 Å². The summed E-state index contributed by atoms with van der Waals surface area (Å²) >= 11 is 0. The molecule has 0 amide bonds. The topological polar surface area (TPSA) is 147 Å². The van der Waals surface area contributed by atoms with Gasteiger partial charge in [-0.3, -0.25) is 18.9 Å². The van der Waals surface area contributed by atoms with Crippen LogP contribution in [-0.2, 0) is 29.3 Å². The van der Waals surface area contributed by atoms with Gasteiger partial charge >= 0.3 is 5.69 Å². The quantitative estimate of drug-likeness (QED) is 0.429. The molecular formula is C22H27N7O5S. The summed E-state index contributed by atoms with van der Waals surface area (Å²) in [4.78, 5) is 36.9. The van der Waals surface area contributed by atoms with Gasteiger partial charge < -0.3 is 15.4 Å². The lowest BCUT2D eigenvalue weighted by atomic mass is 10.1. The molecule has 3 aromatic rings. The van der Waals surface area contributed by atoms with Crippen LogP contribution in [0, 0.1) is 11.8 Å². The van der Waals surface area contributed by atoms with Crippen molar-refractivity contribution in [2.75, 3.05) is 23.9 Å². The third kappa shape index (κ3) is 5.08. The van der Waals surface area contributed by atoms with Gasteiger partial charge in [0.05, 0.1) is 12.7 Å². The largest absolute Gasteiger partial charge is 0.476 e. The van der Waals surface area contributed by atoms with Crippen LogP contribution in [0.25, 0.3) is 11.2 Å². The molecule has 0 aromatic carbocycles. The molecule has 4 rings (SSSR count). The molecule has 0 bridgehead atoms. The predicted molar refractivity (Wildman–Crippen MR) is 131 cm³/mol. The molecule has 1 fully saturated rings. The summed E-state index contributed by atoms with van der Waals surface area (Å²) in [5, 5.41) is 0. The molecular weight excluding hydrogens is 474 g/mol. The summed E-state index contributed by atoms with van der Waals surface area (Å²) in [6.07, 6.45) is 4.64. The minimum absolute atomic E-state index is 0.0419. The lowest BCUT2D eigenvalue weighted by molar-refractivity contribution is 0.373. The molecule has 0 saturated carbocycles. The van der Waals surface area contributed by atoms with Gasteiger partial charge in [0.2, 0.25) is 15.8 Å². The number of anilines is 1. The molecule has 186 valence electrons. The van der Waals surface area contributed by atoms with Gasteiger partial charge in [-0.1, -0.05) is 5.92 Å². The fourth-order valence-corrected chi connectivity index (χ4v) is 5.05. The molecule has 4 heterocycles. The summed E-state index contributed by atoms with van der Waals surface area (Å²) in [5.41, 5.74) is 4.86. The molecule has 2 N–H and O–H groups in total. The normalized spacial score (nSPS) is 16.2.